The van der Waals surface area contributed by atoms with Crippen molar-refractivity contribution in [3.05, 3.63) is 83.7 Å². The summed E-state index contributed by atoms with van der Waals surface area (Å²) in [5.74, 6) is 0.478. The molecule has 0 saturated heterocycles. The van der Waals surface area contributed by atoms with Crippen molar-refractivity contribution in [1.82, 2.24) is 4.58 Å². The highest BCUT2D eigenvalue weighted by Gasteiger charge is 2.24. The first kappa shape index (κ1) is 22.7. The van der Waals surface area contributed by atoms with Crippen LogP contribution in [0.3, 0.4) is 0 Å². The Labute approximate surface area is 203 Å². The molecule has 5 heteroatoms. The minimum atomic E-state index is -0.343. The van der Waals surface area contributed by atoms with Gasteiger partial charge >= 0.3 is 5.97 Å². The van der Waals surface area contributed by atoms with E-state index in [4.69, 9.17) is 9.15 Å². The largest absolute Gasteiger partial charge is 0.507 e. The van der Waals surface area contributed by atoms with E-state index in [1.807, 2.05) is 79.3 Å². The van der Waals surface area contributed by atoms with Gasteiger partial charge in [0.15, 0.2) is 0 Å². The van der Waals surface area contributed by atoms with Crippen LogP contribution in [0.1, 0.15) is 30.1 Å². The van der Waals surface area contributed by atoms with Crippen LogP contribution in [0.5, 0.6) is 5.75 Å². The fourth-order valence-corrected chi connectivity index (χ4v) is 4.52. The minimum absolute atomic E-state index is 0.151. The average molecular weight is 467 g/mol. The first-order valence-electron chi connectivity index (χ1n) is 11.9. The van der Waals surface area contributed by atoms with E-state index < -0.39 is 0 Å². The number of aromatic hydroxyl groups is 1. The molecular weight excluding hydrogens is 438 g/mol. The Morgan fingerprint density at radius 2 is 1.80 bits per heavy atom. The van der Waals surface area contributed by atoms with E-state index in [-0.39, 0.29) is 11.7 Å². The maximum atomic E-state index is 13.1. The lowest BCUT2D eigenvalue weighted by atomic mass is 9.89. The van der Waals surface area contributed by atoms with Gasteiger partial charge in [-0.1, -0.05) is 49.7 Å². The van der Waals surface area contributed by atoms with Crippen LogP contribution in [0.2, 0.25) is 0 Å². The maximum absolute atomic E-state index is 13.1. The van der Waals surface area contributed by atoms with Gasteiger partial charge in [-0.3, -0.25) is 0 Å². The molecule has 1 N–H and O–H groups in total. The topological polar surface area (TPSA) is 62.7 Å². The number of unbranched alkanes of at least 4 members (excludes halogenated alkanes) is 1. The van der Waals surface area contributed by atoms with Gasteiger partial charge in [0.1, 0.15) is 31.2 Å². The fourth-order valence-electron chi connectivity index (χ4n) is 4.52. The van der Waals surface area contributed by atoms with Gasteiger partial charge < -0.3 is 14.3 Å². The summed E-state index contributed by atoms with van der Waals surface area (Å²) in [5, 5.41) is 14.1. The molecule has 5 rings (SSSR count). The lowest BCUT2D eigenvalue weighted by Crippen LogP contribution is -2.21. The second kappa shape index (κ2) is 9.26. The number of carbonyl (C=O) groups excluding carboxylic acids is 1. The quantitative estimate of drug-likeness (QED) is 0.113. The molecule has 5 nitrogen and oxygen atoms in total. The summed E-state index contributed by atoms with van der Waals surface area (Å²) < 4.78 is 14.1. The number of rotatable bonds is 5. The van der Waals surface area contributed by atoms with Gasteiger partial charge in [-0.25, -0.2) is 9.37 Å². The maximum Gasteiger partial charge on any atom is 0.338 e. The summed E-state index contributed by atoms with van der Waals surface area (Å²) in [7, 11) is 3.96. The van der Waals surface area contributed by atoms with Gasteiger partial charge in [-0.2, -0.15) is 0 Å². The second-order valence-electron chi connectivity index (χ2n) is 8.90. The molecule has 1 aliphatic heterocycles. The molecule has 35 heavy (non-hydrogen) atoms. The highest BCUT2D eigenvalue weighted by Crippen LogP contribution is 2.44. The van der Waals surface area contributed by atoms with E-state index in [9.17, 15) is 9.90 Å². The van der Waals surface area contributed by atoms with E-state index in [2.05, 4.69) is 6.92 Å². The van der Waals surface area contributed by atoms with Crippen molar-refractivity contribution < 1.29 is 19.1 Å². The van der Waals surface area contributed by atoms with Gasteiger partial charge in [-0.15, -0.1) is 0 Å². The standard InChI is InChI=1S/C30H27NO4/c1-4-5-17-34-30(33)22-11-7-6-10-21(22)28-23-16-14-20(31(2)3)18-26(23)35-29-24(28)15-13-19-9-8-12-25(32)27(19)29/h6-16,18H,4-5,17H2,1-3H3/p+1. The molecule has 0 fully saturated rings. The Kier molecular flexibility index (Phi) is 6.00. The smallest absolute Gasteiger partial charge is 0.338 e. The Balaban J connectivity index is 1.89. The molecule has 0 amide bonds. The van der Waals surface area contributed by atoms with Crippen LogP contribution in [0.4, 0.5) is 0 Å². The first-order chi connectivity index (χ1) is 17.0. The zero-order valence-corrected chi connectivity index (χ0v) is 20.2. The molecule has 2 aliphatic rings. The predicted molar refractivity (Wildman–Crippen MR) is 140 cm³/mol. The van der Waals surface area contributed by atoms with Crippen LogP contribution >= 0.6 is 0 Å². The molecule has 3 aromatic carbocycles. The van der Waals surface area contributed by atoms with Gasteiger partial charge in [0.05, 0.1) is 23.6 Å². The molecule has 0 aromatic heterocycles. The first-order valence-corrected chi connectivity index (χ1v) is 11.9. The molecule has 0 atom stereocenters. The summed E-state index contributed by atoms with van der Waals surface area (Å²) in [5.41, 5.74) is 3.61. The van der Waals surface area contributed by atoms with Crippen LogP contribution in [0, 0.1) is 0 Å². The third kappa shape index (κ3) is 4.03. The summed E-state index contributed by atoms with van der Waals surface area (Å²) in [6, 6.07) is 23.0. The van der Waals surface area contributed by atoms with Crippen molar-refractivity contribution in [3.63, 3.8) is 0 Å². The van der Waals surface area contributed by atoms with Crippen LogP contribution in [-0.4, -0.2) is 31.8 Å². The molecule has 0 saturated carbocycles. The highest BCUT2D eigenvalue weighted by molar-refractivity contribution is 6.15. The molecule has 3 aromatic rings. The highest BCUT2D eigenvalue weighted by atomic mass is 16.5. The van der Waals surface area contributed by atoms with Crippen molar-refractivity contribution in [2.75, 3.05) is 20.7 Å². The third-order valence-electron chi connectivity index (χ3n) is 6.36. The Bertz CT molecular complexity index is 1610. The molecule has 0 unspecified atom stereocenters. The van der Waals surface area contributed by atoms with Crippen LogP contribution in [-0.2, 0) is 4.74 Å². The number of nitrogens with zero attached hydrogens (tertiary/aromatic N) is 1. The number of phenolic OH excluding ortho intramolecular Hbond substituents is 1. The van der Waals surface area contributed by atoms with Gasteiger partial charge in [0.2, 0.25) is 5.36 Å². The van der Waals surface area contributed by atoms with Crippen molar-refractivity contribution in [2.45, 2.75) is 19.8 Å². The van der Waals surface area contributed by atoms with Gasteiger partial charge in [0, 0.05) is 22.6 Å². The number of hydrogen-bond acceptors (Lipinski definition) is 4. The monoisotopic (exact) mass is 466 g/mol. The van der Waals surface area contributed by atoms with Crippen molar-refractivity contribution in [3.8, 4) is 28.2 Å². The second-order valence-corrected chi connectivity index (χ2v) is 8.90. The summed E-state index contributed by atoms with van der Waals surface area (Å²) >= 11 is 0. The number of hydrogen-bond donors (Lipinski definition) is 1. The predicted octanol–water partition coefficient (Wildman–Crippen LogP) is 6.05. The Morgan fingerprint density at radius 3 is 2.60 bits per heavy atom. The molecule has 176 valence electrons. The molecule has 0 radical (unpaired) electrons. The Morgan fingerprint density at radius 1 is 0.971 bits per heavy atom. The van der Waals surface area contributed by atoms with E-state index in [0.29, 0.717) is 28.9 Å². The zero-order valence-electron chi connectivity index (χ0n) is 20.2. The van der Waals surface area contributed by atoms with Crippen molar-refractivity contribution >= 4 is 27.7 Å². The number of carbonyl (C=O) groups is 1. The fraction of sp³-hybridized carbons (Fsp3) is 0.200. The normalized spacial score (nSPS) is 11.3. The number of benzene rings is 4. The molecule has 0 bridgehead atoms. The molecule has 0 spiro atoms. The number of ether oxygens (including phenoxy) is 1. The average Bonchev–Trinajstić information content (AvgIpc) is 2.87. The van der Waals surface area contributed by atoms with Gasteiger partial charge in [0.25, 0.3) is 0 Å². The summed E-state index contributed by atoms with van der Waals surface area (Å²) in [6.45, 7) is 2.45. The number of phenols is 1. The zero-order chi connectivity index (χ0) is 24.5. The minimum Gasteiger partial charge on any atom is -0.507 e. The van der Waals surface area contributed by atoms with Crippen LogP contribution < -0.4 is 9.93 Å². The van der Waals surface area contributed by atoms with Crippen molar-refractivity contribution in [1.29, 1.82) is 0 Å². The van der Waals surface area contributed by atoms with E-state index in [1.165, 1.54) is 0 Å². The van der Waals surface area contributed by atoms with Crippen LogP contribution in [0.15, 0.2) is 77.2 Å². The molecule has 1 aliphatic carbocycles. The number of fused-ring (bicyclic) bond motifs is 4. The molecular formula is C30H28NO4+. The lowest BCUT2D eigenvalue weighted by molar-refractivity contribution is 0.0500. The SMILES string of the molecule is CCCCOC(=O)c1ccccc1-c1c2ccc(=[N+](C)C)cc-2oc2c1ccc1cccc(O)c12. The third-order valence-corrected chi connectivity index (χ3v) is 6.36. The van der Waals surface area contributed by atoms with E-state index in [1.54, 1.807) is 12.1 Å². The lowest BCUT2D eigenvalue weighted by Gasteiger charge is -2.18. The summed E-state index contributed by atoms with van der Waals surface area (Å²) in [6.07, 6.45) is 1.78. The molecule has 1 heterocycles. The van der Waals surface area contributed by atoms with Crippen molar-refractivity contribution in [2.24, 2.45) is 0 Å². The van der Waals surface area contributed by atoms with Crippen LogP contribution in [0.25, 0.3) is 44.2 Å². The van der Waals surface area contributed by atoms with E-state index in [0.717, 1.165) is 45.7 Å². The summed E-state index contributed by atoms with van der Waals surface area (Å²) in [4.78, 5) is 13.1. The Hall–Kier alpha value is -4.12. The number of esters is 1. The van der Waals surface area contributed by atoms with Gasteiger partial charge in [-0.05, 0) is 41.6 Å². The van der Waals surface area contributed by atoms with E-state index >= 15 is 0 Å².